The Morgan fingerprint density at radius 1 is 0.683 bits per heavy atom. The van der Waals surface area contributed by atoms with Crippen LogP contribution in [-0.2, 0) is 46.9 Å². The second-order valence-electron chi connectivity index (χ2n) is 17.3. The van der Waals surface area contributed by atoms with E-state index < -0.39 is 6.04 Å². The molecule has 0 radical (unpaired) electrons. The molecule has 2 atom stereocenters. The van der Waals surface area contributed by atoms with Crippen molar-refractivity contribution in [3.63, 3.8) is 0 Å². The molecule has 5 aromatic rings. The first-order chi connectivity index (χ1) is 29.4. The average molecular weight is 802 g/mol. The second kappa shape index (κ2) is 18.0. The molecule has 1 N–H and O–H groups in total. The van der Waals surface area contributed by atoms with E-state index in [2.05, 4.69) is 120 Å². The molecule has 0 bridgehead atoms. The fourth-order valence-electron chi connectivity index (χ4n) is 10.00. The minimum Gasteiger partial charge on any atom is -0.489 e. The minimum absolute atomic E-state index is 0.113. The van der Waals surface area contributed by atoms with Crippen molar-refractivity contribution in [2.75, 3.05) is 20.2 Å². The van der Waals surface area contributed by atoms with Crippen LogP contribution in [0.5, 0.6) is 5.75 Å². The van der Waals surface area contributed by atoms with Gasteiger partial charge in [0, 0.05) is 31.1 Å². The Labute approximate surface area is 353 Å². The molecule has 2 aliphatic heterocycles. The number of ether oxygens (including phenoxy) is 2. The van der Waals surface area contributed by atoms with Crippen LogP contribution in [0.25, 0.3) is 11.1 Å². The third-order valence-electron chi connectivity index (χ3n) is 13.5. The zero-order valence-electron chi connectivity index (χ0n) is 34.6. The van der Waals surface area contributed by atoms with Crippen molar-refractivity contribution in [3.8, 4) is 16.9 Å². The van der Waals surface area contributed by atoms with Gasteiger partial charge in [-0.3, -0.25) is 19.7 Å². The van der Waals surface area contributed by atoms with E-state index >= 15 is 0 Å². The van der Waals surface area contributed by atoms with Crippen LogP contribution in [0.1, 0.15) is 106 Å². The highest BCUT2D eigenvalue weighted by molar-refractivity contribution is 6.05. The Bertz CT molecular complexity index is 2320. The number of carbonyl (C=O) groups excluding carboxylic acids is 3. The lowest BCUT2D eigenvalue weighted by Gasteiger charge is -2.35. The standard InChI is InChI=1S/C52H55N3O5/c1-54(44-21-18-38(19-22-44)40-20-23-46-43(28-40)32-55(52(46)58)49-24-25-50(56)53-51(49)57)26-27-59-33-36-12-14-39(15-13-36)48-31-45(60-34-35-8-4-2-5-9-35)29-42-17-16-41(30-47(42)48)37-10-6-3-7-11-37/h2-15,20,23,28-29,31,38,41,44,49H,16-19,21-22,24-27,30,32-34H2,1H3,(H,53,56,57)/t38-,41-,44-,49-/m0/s1. The quantitative estimate of drug-likeness (QED) is 0.0945. The van der Waals surface area contributed by atoms with Crippen LogP contribution in [-0.4, -0.2) is 59.8 Å². The zero-order chi connectivity index (χ0) is 41.0. The molecule has 5 aromatic carbocycles. The number of aryl methyl sites for hydroxylation is 1. The summed E-state index contributed by atoms with van der Waals surface area (Å²) in [6.45, 7) is 3.11. The Morgan fingerprint density at radius 3 is 2.20 bits per heavy atom. The van der Waals surface area contributed by atoms with Crippen LogP contribution in [0, 0.1) is 0 Å². The molecule has 0 aromatic heterocycles. The first kappa shape index (κ1) is 39.9. The molecule has 0 unspecified atom stereocenters. The van der Waals surface area contributed by atoms with E-state index in [0.29, 0.717) is 56.2 Å². The topological polar surface area (TPSA) is 88.2 Å². The summed E-state index contributed by atoms with van der Waals surface area (Å²) in [6.07, 6.45) is 8.29. The van der Waals surface area contributed by atoms with Crippen molar-refractivity contribution in [2.45, 2.75) is 101 Å². The predicted octanol–water partition coefficient (Wildman–Crippen LogP) is 9.14. The Morgan fingerprint density at radius 2 is 1.43 bits per heavy atom. The van der Waals surface area contributed by atoms with Crippen molar-refractivity contribution >= 4 is 17.7 Å². The van der Waals surface area contributed by atoms with E-state index in [0.717, 1.165) is 62.8 Å². The summed E-state index contributed by atoms with van der Waals surface area (Å²) in [7, 11) is 2.22. The zero-order valence-corrected chi connectivity index (χ0v) is 34.6. The Hall–Kier alpha value is -5.57. The molecule has 2 heterocycles. The normalized spacial score (nSPS) is 21.4. The van der Waals surface area contributed by atoms with E-state index in [-0.39, 0.29) is 24.1 Å². The summed E-state index contributed by atoms with van der Waals surface area (Å²) >= 11 is 0. The van der Waals surface area contributed by atoms with Crippen molar-refractivity contribution in [2.24, 2.45) is 0 Å². The van der Waals surface area contributed by atoms with Gasteiger partial charge in [0.15, 0.2) is 0 Å². The first-order valence-corrected chi connectivity index (χ1v) is 21.9. The van der Waals surface area contributed by atoms with Crippen molar-refractivity contribution in [1.82, 2.24) is 15.1 Å². The summed E-state index contributed by atoms with van der Waals surface area (Å²) in [6, 6.07) is 40.9. The molecule has 1 saturated carbocycles. The lowest BCUT2D eigenvalue weighted by atomic mass is 9.77. The minimum atomic E-state index is -0.582. The monoisotopic (exact) mass is 801 g/mol. The Kier molecular flexibility index (Phi) is 11.9. The van der Waals surface area contributed by atoms with Crippen molar-refractivity contribution < 1.29 is 23.9 Å². The number of imide groups is 1. The first-order valence-electron chi connectivity index (χ1n) is 21.9. The molecule has 0 spiro atoms. The molecule has 3 amide bonds. The maximum absolute atomic E-state index is 13.2. The molecule has 8 heteroatoms. The van der Waals surface area contributed by atoms with Gasteiger partial charge in [-0.1, -0.05) is 97.1 Å². The molecule has 4 aliphatic rings. The highest BCUT2D eigenvalue weighted by Crippen LogP contribution is 2.41. The maximum atomic E-state index is 13.2. The number of benzene rings is 5. The molecule has 2 aliphatic carbocycles. The number of nitrogens with one attached hydrogen (secondary N) is 1. The van der Waals surface area contributed by atoms with Crippen LogP contribution < -0.4 is 10.1 Å². The van der Waals surface area contributed by atoms with Gasteiger partial charge in [0.1, 0.15) is 18.4 Å². The molecule has 60 heavy (non-hydrogen) atoms. The molecule has 9 rings (SSSR count). The van der Waals surface area contributed by atoms with E-state index in [1.807, 2.05) is 12.1 Å². The summed E-state index contributed by atoms with van der Waals surface area (Å²) in [5, 5.41) is 2.39. The molecule has 308 valence electrons. The van der Waals surface area contributed by atoms with E-state index in [9.17, 15) is 14.4 Å². The van der Waals surface area contributed by atoms with Crippen LogP contribution >= 0.6 is 0 Å². The predicted molar refractivity (Wildman–Crippen MR) is 234 cm³/mol. The van der Waals surface area contributed by atoms with E-state index in [1.54, 1.807) is 4.90 Å². The highest BCUT2D eigenvalue weighted by atomic mass is 16.5. The van der Waals surface area contributed by atoms with Crippen LogP contribution in [0.2, 0.25) is 0 Å². The molecule has 2 fully saturated rings. The van der Waals surface area contributed by atoms with Gasteiger partial charge < -0.3 is 19.3 Å². The number of hydrogen-bond donors (Lipinski definition) is 1. The number of hydrogen-bond acceptors (Lipinski definition) is 6. The molecule has 8 nitrogen and oxygen atoms in total. The number of likely N-dealkylation sites (N-methyl/N-ethyl adjacent to an activating group) is 1. The maximum Gasteiger partial charge on any atom is 0.255 e. The number of rotatable bonds is 13. The number of piperidine rings is 1. The second-order valence-corrected chi connectivity index (χ2v) is 17.3. The molecule has 1 saturated heterocycles. The molecular weight excluding hydrogens is 747 g/mol. The summed E-state index contributed by atoms with van der Waals surface area (Å²) < 4.78 is 12.6. The number of amides is 3. The number of carbonyl (C=O) groups is 3. The van der Waals surface area contributed by atoms with Gasteiger partial charge in [0.2, 0.25) is 11.8 Å². The van der Waals surface area contributed by atoms with Gasteiger partial charge in [-0.05, 0) is 139 Å². The molecular formula is C52H55N3O5. The van der Waals surface area contributed by atoms with E-state index in [4.69, 9.17) is 9.47 Å². The average Bonchev–Trinajstić information content (AvgIpc) is 3.62. The van der Waals surface area contributed by atoms with Gasteiger partial charge in [-0.2, -0.15) is 0 Å². The van der Waals surface area contributed by atoms with E-state index in [1.165, 1.54) is 44.5 Å². The summed E-state index contributed by atoms with van der Waals surface area (Å²) in [5.41, 5.74) is 12.0. The summed E-state index contributed by atoms with van der Waals surface area (Å²) in [4.78, 5) is 41.4. The summed E-state index contributed by atoms with van der Waals surface area (Å²) in [5.74, 6) is 1.15. The fourth-order valence-corrected chi connectivity index (χ4v) is 10.00. The van der Waals surface area contributed by atoms with Gasteiger partial charge in [-0.25, -0.2) is 0 Å². The highest BCUT2D eigenvalue weighted by Gasteiger charge is 2.39. The van der Waals surface area contributed by atoms with Crippen molar-refractivity contribution in [3.05, 3.63) is 160 Å². The van der Waals surface area contributed by atoms with Crippen LogP contribution in [0.4, 0.5) is 0 Å². The smallest absolute Gasteiger partial charge is 0.255 e. The lowest BCUT2D eigenvalue weighted by Crippen LogP contribution is -2.52. The SMILES string of the molecule is CN(CCOCc1ccc(-c2cc(OCc3ccccc3)cc3c2C[C@@H](c2ccccc2)CC3)cc1)[C@H]1CC[C@H](c2ccc3c(c2)CN([C@H]2CCC(=O)NC2=O)C3=O)CC1. The van der Waals surface area contributed by atoms with Crippen LogP contribution in [0.3, 0.4) is 0 Å². The van der Waals surface area contributed by atoms with Gasteiger partial charge in [0.05, 0.1) is 13.2 Å². The Balaban J connectivity index is 0.771. The number of nitrogens with zero attached hydrogens (tertiary/aromatic N) is 2. The number of fused-ring (bicyclic) bond motifs is 2. The largest absolute Gasteiger partial charge is 0.489 e. The van der Waals surface area contributed by atoms with Crippen LogP contribution in [0.15, 0.2) is 115 Å². The van der Waals surface area contributed by atoms with Crippen molar-refractivity contribution in [1.29, 1.82) is 0 Å². The fraction of sp³-hybridized carbons (Fsp3) is 0.365. The van der Waals surface area contributed by atoms with Gasteiger partial charge >= 0.3 is 0 Å². The van der Waals surface area contributed by atoms with Gasteiger partial charge in [0.25, 0.3) is 5.91 Å². The lowest BCUT2D eigenvalue weighted by molar-refractivity contribution is -0.136. The third kappa shape index (κ3) is 8.81. The third-order valence-corrected chi connectivity index (χ3v) is 13.5. The van der Waals surface area contributed by atoms with Gasteiger partial charge in [-0.15, -0.1) is 0 Å².